The van der Waals surface area contributed by atoms with Crippen LogP contribution in [0.1, 0.15) is 22.4 Å². The molecule has 0 fully saturated rings. The summed E-state index contributed by atoms with van der Waals surface area (Å²) in [6.45, 7) is 6.94. The molecular weight excluding hydrogens is 1120 g/mol. The highest BCUT2D eigenvalue weighted by Gasteiger charge is 2.33. The Bertz CT molecular complexity index is 5000. The Morgan fingerprint density at radius 3 is 1.05 bits per heavy atom. The summed E-state index contributed by atoms with van der Waals surface area (Å²) in [5, 5.41) is 27.4. The van der Waals surface area contributed by atoms with E-state index in [1.165, 1.54) is 4.70 Å². The average Bonchev–Trinajstić information content (AvgIpc) is 1.66. The summed E-state index contributed by atoms with van der Waals surface area (Å²) in [5.41, 5.74) is 21.6. The van der Waals surface area contributed by atoms with E-state index in [9.17, 15) is 10.5 Å². The van der Waals surface area contributed by atoms with Gasteiger partial charge in [0.2, 0.25) is 0 Å². The van der Waals surface area contributed by atoms with Crippen LogP contribution in [0.3, 0.4) is 0 Å². The lowest BCUT2D eigenvalue weighted by atomic mass is 9.75. The van der Waals surface area contributed by atoms with Crippen LogP contribution in [0, 0.1) is 29.6 Å². The molecule has 0 saturated carbocycles. The van der Waals surface area contributed by atoms with E-state index >= 15 is 0 Å². The van der Waals surface area contributed by atoms with Gasteiger partial charge < -0.3 is 0 Å². The lowest BCUT2D eigenvalue weighted by Crippen LogP contribution is -2.17. The zero-order valence-electron chi connectivity index (χ0n) is 49.8. The number of para-hydroxylation sites is 1. The second-order valence-electron chi connectivity index (χ2n) is 22.7. The van der Waals surface area contributed by atoms with E-state index in [0.29, 0.717) is 22.6 Å². The molecule has 15 aromatic rings. The van der Waals surface area contributed by atoms with Crippen LogP contribution in [0.5, 0.6) is 0 Å². The zero-order chi connectivity index (χ0) is 61.4. The second kappa shape index (κ2) is 23.9. The molecule has 5 heteroatoms. The van der Waals surface area contributed by atoms with E-state index in [1.807, 2.05) is 36.4 Å². The van der Waals surface area contributed by atoms with Crippen molar-refractivity contribution in [2.45, 2.75) is 6.92 Å². The van der Waals surface area contributed by atoms with Crippen LogP contribution in [0.4, 0.5) is 0 Å². The van der Waals surface area contributed by atoms with Gasteiger partial charge in [-0.05, 0) is 120 Å². The third-order valence-corrected chi connectivity index (χ3v) is 18.6. The maximum Gasteiger partial charge on any atom is 0.138 e. The summed E-state index contributed by atoms with van der Waals surface area (Å²) in [7, 11) is 0. The lowest BCUT2D eigenvalue weighted by molar-refractivity contribution is 1.03. The van der Waals surface area contributed by atoms with Crippen LogP contribution in [-0.4, -0.2) is 9.55 Å². The van der Waals surface area contributed by atoms with E-state index in [-0.39, 0.29) is 0 Å². The van der Waals surface area contributed by atoms with E-state index < -0.39 is 0 Å². The highest BCUT2D eigenvalue weighted by atomic mass is 32.1. The van der Waals surface area contributed by atoms with Gasteiger partial charge in [0.05, 0.1) is 28.0 Å². The molecule has 0 N–H and O–H groups in total. The van der Waals surface area contributed by atoms with Crippen LogP contribution in [0.2, 0.25) is 0 Å². The quantitative estimate of drug-likeness (QED) is 0.122. The average molecular weight is 1180 g/mol. The van der Waals surface area contributed by atoms with Gasteiger partial charge in [-0.3, -0.25) is 4.57 Å². The van der Waals surface area contributed by atoms with Gasteiger partial charge in [-0.25, -0.2) is 4.98 Å². The van der Waals surface area contributed by atoms with Crippen LogP contribution in [0.25, 0.3) is 151 Å². The number of nitriles is 2. The molecule has 0 atom stereocenters. The van der Waals surface area contributed by atoms with E-state index in [0.717, 1.165) is 143 Å². The van der Waals surface area contributed by atoms with Crippen LogP contribution in [0.15, 0.2) is 303 Å². The number of pyridine rings is 1. The summed E-state index contributed by atoms with van der Waals surface area (Å²) in [4.78, 5) is 6.22. The smallest absolute Gasteiger partial charge is 0.138 e. The molecule has 0 spiro atoms. The van der Waals surface area contributed by atoms with Crippen molar-refractivity contribution in [2.75, 3.05) is 0 Å². The minimum atomic E-state index is 0.552. The maximum absolute atomic E-state index is 12.1. The van der Waals surface area contributed by atoms with Gasteiger partial charge in [0.15, 0.2) is 0 Å². The summed E-state index contributed by atoms with van der Waals surface area (Å²) in [6, 6.07) is 111. The molecule has 91 heavy (non-hydrogen) atoms. The number of thiophene rings is 1. The summed E-state index contributed by atoms with van der Waals surface area (Å²) >= 11 is 1.74. The summed E-state index contributed by atoms with van der Waals surface area (Å²) in [6.07, 6.45) is 2.30. The molecule has 0 aliphatic carbocycles. The predicted molar refractivity (Wildman–Crippen MR) is 380 cm³/mol. The first kappa shape index (κ1) is 55.6. The van der Waals surface area contributed by atoms with Gasteiger partial charge in [0.25, 0.3) is 0 Å². The molecule has 0 bridgehead atoms. The van der Waals surface area contributed by atoms with Crippen molar-refractivity contribution in [3.63, 3.8) is 0 Å². The van der Waals surface area contributed by atoms with Gasteiger partial charge in [0, 0.05) is 53.6 Å². The molecule has 0 unspecified atom stereocenters. The van der Waals surface area contributed by atoms with Crippen molar-refractivity contribution < 1.29 is 0 Å². The normalized spacial score (nSPS) is 11.4. The molecule has 12 aromatic carbocycles. The molecule has 0 aliphatic heterocycles. The van der Waals surface area contributed by atoms with Crippen molar-refractivity contribution in [1.29, 1.82) is 10.5 Å². The zero-order valence-corrected chi connectivity index (χ0v) is 50.7. The number of benzene rings is 12. The molecule has 0 amide bonds. The van der Waals surface area contributed by atoms with E-state index in [4.69, 9.17) is 11.6 Å². The topological polar surface area (TPSA) is 65.4 Å². The number of aromatic nitrogens is 2. The van der Waals surface area contributed by atoms with Crippen molar-refractivity contribution in [3.05, 3.63) is 335 Å². The summed E-state index contributed by atoms with van der Waals surface area (Å²) in [5.74, 6) is 0.671. The van der Waals surface area contributed by atoms with Crippen molar-refractivity contribution >= 4 is 45.0 Å². The monoisotopic (exact) mass is 1180 g/mol. The van der Waals surface area contributed by atoms with Gasteiger partial charge >= 0.3 is 0 Å². The van der Waals surface area contributed by atoms with Gasteiger partial charge in [-0.2, -0.15) is 10.5 Å². The first-order chi connectivity index (χ1) is 45.0. The number of fused-ring (bicyclic) bond motifs is 2. The predicted octanol–water partition coefficient (Wildman–Crippen LogP) is 21.2. The Morgan fingerprint density at radius 1 is 0.363 bits per heavy atom. The third kappa shape index (κ3) is 9.84. The Morgan fingerprint density at radius 2 is 0.681 bits per heavy atom. The standard InChI is InChI=1S/C86H56N4S/c1-56-67-47-27-29-49-72(67)90(73(56)53-75-57(2)68-48-28-30-50-74(68)91-75)76-52-66(85-81(62-39-19-7-20-40-62)77(58-31-11-3-12-32-58)69(54-87)78(59-33-13-4-14-34-59)82(85)63-41-21-8-22-42-63)51-71(89-76)86-83(64-43-23-9-24-44-64)79(60-35-15-5-16-36-60)70(55-88)80(61-37-17-6-18-38-61)84(86)65-45-25-10-26-46-65/h3-53H,2H2,1H3/b75-53+. The number of hydrogen-bond donors (Lipinski definition) is 0. The number of nitrogens with zero attached hydrogens (tertiary/aromatic N) is 4. The fourth-order valence-electron chi connectivity index (χ4n) is 13.5. The molecule has 0 aliphatic rings. The molecule has 4 nitrogen and oxygen atoms in total. The van der Waals surface area contributed by atoms with Crippen molar-refractivity contribution in [2.24, 2.45) is 0 Å². The molecule has 0 radical (unpaired) electrons. The van der Waals surface area contributed by atoms with E-state index in [1.54, 1.807) is 11.3 Å². The molecular formula is C86H56N4S. The first-order valence-electron chi connectivity index (χ1n) is 30.5. The Balaban J connectivity index is 1.23. The van der Waals surface area contributed by atoms with Gasteiger partial charge in [0.1, 0.15) is 18.0 Å². The highest BCUT2D eigenvalue weighted by molar-refractivity contribution is 7.17. The fourth-order valence-corrected chi connectivity index (χ4v) is 14.6. The molecule has 3 aromatic heterocycles. The minimum absolute atomic E-state index is 0.552. The maximum atomic E-state index is 12.1. The number of rotatable bonds is 12. The van der Waals surface area contributed by atoms with Gasteiger partial charge in [-0.15, -0.1) is 11.3 Å². The van der Waals surface area contributed by atoms with Crippen LogP contribution >= 0.6 is 11.3 Å². The van der Waals surface area contributed by atoms with Crippen LogP contribution < -0.4 is 9.75 Å². The second-order valence-corrected chi connectivity index (χ2v) is 23.8. The number of hydrogen-bond acceptors (Lipinski definition) is 4. The van der Waals surface area contributed by atoms with Crippen LogP contribution in [-0.2, 0) is 0 Å². The number of aryl methyl sites for hydroxylation is 1. The largest absolute Gasteiger partial charge is 0.294 e. The van der Waals surface area contributed by atoms with Crippen molar-refractivity contribution in [1.82, 2.24) is 9.55 Å². The Hall–Kier alpha value is -12.0. The van der Waals surface area contributed by atoms with Crippen molar-refractivity contribution in [3.8, 4) is 129 Å². The molecule has 426 valence electrons. The third-order valence-electron chi connectivity index (χ3n) is 17.5. The highest BCUT2D eigenvalue weighted by Crippen LogP contribution is 2.56. The SMILES string of the molecule is C=c1/c(=C\c2c(C)c3ccccc3n2-c2cc(-c3c(-c4ccccc4)c(-c4ccccc4)c(C#N)c(-c4ccccc4)c3-c3ccccc3)cc(-c3c(-c4ccccc4)c(-c4ccccc4)c(C#N)c(-c4ccccc4)c3-c3ccccc3)n2)sc2ccccc12. The van der Waals surface area contributed by atoms with Gasteiger partial charge in [-0.1, -0.05) is 286 Å². The summed E-state index contributed by atoms with van der Waals surface area (Å²) < 4.78 is 4.56. The lowest BCUT2D eigenvalue weighted by Gasteiger charge is -2.28. The van der Waals surface area contributed by atoms with E-state index in [2.05, 4.69) is 297 Å². The molecule has 3 heterocycles. The Labute approximate surface area is 533 Å². The first-order valence-corrected chi connectivity index (χ1v) is 31.3. The Kier molecular flexibility index (Phi) is 14.6. The minimum Gasteiger partial charge on any atom is -0.294 e. The molecule has 15 rings (SSSR count). The fraction of sp³-hybridized carbons (Fsp3) is 0.0116. The molecule has 0 saturated heterocycles.